The zero-order chi connectivity index (χ0) is 53.3. The fourth-order valence-corrected chi connectivity index (χ4v) is 12.1. The van der Waals surface area contributed by atoms with Crippen LogP contribution in [0.15, 0.2) is 12.1 Å². The number of methoxy groups -OCH3 is 2. The number of carbonyl (C=O) groups is 3. The molecule has 24 heteroatoms. The van der Waals surface area contributed by atoms with Crippen molar-refractivity contribution in [3.8, 4) is 17.2 Å². The van der Waals surface area contributed by atoms with E-state index in [0.717, 1.165) is 7.11 Å². The van der Waals surface area contributed by atoms with Gasteiger partial charge in [0.15, 0.2) is 24.7 Å². The van der Waals surface area contributed by atoms with Gasteiger partial charge in [-0.15, -0.1) is 0 Å². The van der Waals surface area contributed by atoms with E-state index in [0.29, 0.717) is 0 Å². The standard InChI is InChI=1S/C49H64N2O22/c1-17-36(54)25(64-9)14-28(66-17)69-26-15-48(5,61)34(45(60)65-10)20-11-21-31(38(56)30(20)26)39(57)32-23(52)12-22-42(33(32)37(21)55)72-46-40(58)35(50(7)8)44(49(22,6)73-46)71-27-13-24(53)41(18(2)67-27)70-29-16-47(4,51(62)63)43(59)19(3)68-29/h11-12,17-19,24-29,34-36,40-41,43-44,46,52-54,56,58-59,61H,13-16H2,1-10H3. The number of phenolic OH excluding ortho intramolecular Hbond substituents is 2. The molecule has 2 aliphatic carbocycles. The van der Waals surface area contributed by atoms with Crippen LogP contribution in [0, 0.1) is 10.1 Å². The molecule has 402 valence electrons. The first-order chi connectivity index (χ1) is 34.2. The molecule has 2 bridgehead atoms. The van der Waals surface area contributed by atoms with E-state index in [4.69, 9.17) is 47.4 Å². The van der Waals surface area contributed by atoms with Gasteiger partial charge >= 0.3 is 5.97 Å². The summed E-state index contributed by atoms with van der Waals surface area (Å²) in [6.45, 7) is 8.88. The Kier molecular flexibility index (Phi) is 13.8. The van der Waals surface area contributed by atoms with Crippen LogP contribution in [0.2, 0.25) is 0 Å². The highest BCUT2D eigenvalue weighted by molar-refractivity contribution is 6.31. The zero-order valence-electron chi connectivity index (χ0n) is 41.9. The first-order valence-corrected chi connectivity index (χ1v) is 24.2. The van der Waals surface area contributed by atoms with Crippen LogP contribution in [-0.2, 0) is 53.0 Å². The van der Waals surface area contributed by atoms with E-state index in [2.05, 4.69) is 0 Å². The van der Waals surface area contributed by atoms with Gasteiger partial charge in [0.05, 0.1) is 78.5 Å². The lowest BCUT2D eigenvalue weighted by Gasteiger charge is -2.56. The molecule has 5 heterocycles. The molecule has 0 amide bonds. The molecule has 7 aliphatic rings. The van der Waals surface area contributed by atoms with Crippen LogP contribution in [0.1, 0.15) is 128 Å². The third kappa shape index (κ3) is 8.50. The number of ketones is 2. The Hall–Kier alpha value is -4.51. The van der Waals surface area contributed by atoms with Gasteiger partial charge in [0.25, 0.3) is 5.54 Å². The predicted octanol–water partition coefficient (Wildman–Crippen LogP) is 0.905. The summed E-state index contributed by atoms with van der Waals surface area (Å²) in [4.78, 5) is 56.7. The van der Waals surface area contributed by atoms with Crippen LogP contribution in [0.4, 0.5) is 0 Å². The summed E-state index contributed by atoms with van der Waals surface area (Å²) >= 11 is 0. The number of aliphatic hydroxyl groups is 5. The smallest absolute Gasteiger partial charge is 0.316 e. The van der Waals surface area contributed by atoms with Gasteiger partial charge in [0.2, 0.25) is 12.1 Å². The van der Waals surface area contributed by atoms with Crippen LogP contribution >= 0.6 is 0 Å². The minimum absolute atomic E-state index is 0.00534. The van der Waals surface area contributed by atoms with Crippen LogP contribution in [0.3, 0.4) is 0 Å². The van der Waals surface area contributed by atoms with E-state index >= 15 is 4.79 Å². The molecule has 24 nitrogen and oxygen atoms in total. The zero-order valence-corrected chi connectivity index (χ0v) is 41.9. The fourth-order valence-electron chi connectivity index (χ4n) is 12.1. The van der Waals surface area contributed by atoms with Gasteiger partial charge in [0, 0.05) is 54.9 Å². The molecule has 4 fully saturated rings. The molecule has 73 heavy (non-hydrogen) atoms. The van der Waals surface area contributed by atoms with Crippen molar-refractivity contribution in [1.82, 2.24) is 4.90 Å². The largest absolute Gasteiger partial charge is 0.507 e. The molecule has 4 saturated heterocycles. The van der Waals surface area contributed by atoms with E-state index < -0.39 is 177 Å². The van der Waals surface area contributed by atoms with Crippen molar-refractivity contribution in [2.75, 3.05) is 28.3 Å². The number of likely N-dealkylation sites (N-methyl/N-ethyl adjacent to an activating group) is 1. The van der Waals surface area contributed by atoms with Crippen LogP contribution < -0.4 is 4.74 Å². The van der Waals surface area contributed by atoms with Crippen molar-refractivity contribution in [2.24, 2.45) is 0 Å². The quantitative estimate of drug-likeness (QED) is 0.0843. The molecule has 20 atom stereocenters. The number of hydrogen-bond donors (Lipinski definition) is 7. The number of rotatable bonds is 10. The van der Waals surface area contributed by atoms with Crippen molar-refractivity contribution in [1.29, 1.82) is 0 Å². The average Bonchev–Trinajstić information content (AvgIpc) is 3.30. The fraction of sp³-hybridized carbons (Fsp3) is 0.694. The van der Waals surface area contributed by atoms with E-state index in [-0.39, 0.29) is 48.1 Å². The summed E-state index contributed by atoms with van der Waals surface area (Å²) in [6.07, 6.45) is -18.1. The first-order valence-electron chi connectivity index (χ1n) is 24.2. The predicted molar refractivity (Wildman–Crippen MR) is 244 cm³/mol. The number of esters is 1. The molecule has 2 aromatic carbocycles. The van der Waals surface area contributed by atoms with E-state index in [1.54, 1.807) is 39.8 Å². The molecule has 9 rings (SSSR count). The van der Waals surface area contributed by atoms with Gasteiger partial charge in [-0.3, -0.25) is 24.5 Å². The number of ether oxygens (including phenoxy) is 10. The summed E-state index contributed by atoms with van der Waals surface area (Å²) < 4.78 is 60.4. The number of fused-ring (bicyclic) bond motifs is 8. The Morgan fingerprint density at radius 3 is 2.12 bits per heavy atom. The van der Waals surface area contributed by atoms with Crippen molar-refractivity contribution in [3.63, 3.8) is 0 Å². The monoisotopic (exact) mass is 1030 g/mol. The van der Waals surface area contributed by atoms with Crippen LogP contribution in [0.25, 0.3) is 0 Å². The number of aromatic hydroxyl groups is 2. The number of nitrogens with zero attached hydrogens (tertiary/aromatic N) is 2. The van der Waals surface area contributed by atoms with Crippen molar-refractivity contribution in [2.45, 2.75) is 188 Å². The molecule has 0 saturated carbocycles. The first kappa shape index (κ1) is 53.3. The third-order valence-corrected chi connectivity index (χ3v) is 16.0. The van der Waals surface area contributed by atoms with E-state index in [1.807, 2.05) is 0 Å². The van der Waals surface area contributed by atoms with Gasteiger partial charge in [-0.1, -0.05) is 0 Å². The second-order valence-corrected chi connectivity index (χ2v) is 21.2. The molecule has 0 aromatic heterocycles. The lowest BCUT2D eigenvalue weighted by molar-refractivity contribution is -0.594. The maximum Gasteiger partial charge on any atom is 0.316 e. The van der Waals surface area contributed by atoms with Crippen molar-refractivity contribution >= 4 is 17.5 Å². The lowest BCUT2D eigenvalue weighted by atomic mass is 9.68. The Balaban J connectivity index is 1.07. The highest BCUT2D eigenvalue weighted by Gasteiger charge is 2.62. The highest BCUT2D eigenvalue weighted by atomic mass is 16.8. The number of phenols is 2. The SMILES string of the molecule is COC(=O)C1c2cc3c(c(O)c2C(OC2CC(OC)C(O)C(C)O2)CC1(C)O)C(=O)c1c(O)cc2c(c1C3=O)OC1OC2(C)C(OC2CC(O)C(OC3CC(C)([N+](=O)[O-])C(O)C(C)O3)C(C)O2)C(N(C)C)C1O. The summed E-state index contributed by atoms with van der Waals surface area (Å²) in [7, 11) is 5.83. The Morgan fingerprint density at radius 2 is 1.49 bits per heavy atom. The minimum Gasteiger partial charge on any atom is -0.507 e. The normalized spacial score (nSPS) is 42.0. The maximum atomic E-state index is 15.2. The molecular formula is C49H64N2O22. The second kappa shape index (κ2) is 18.9. The maximum absolute atomic E-state index is 15.2. The Labute approximate surface area is 419 Å². The summed E-state index contributed by atoms with van der Waals surface area (Å²) in [5.41, 5.74) is -7.69. The minimum atomic E-state index is -1.94. The number of hydrogen-bond acceptors (Lipinski definition) is 23. The molecular weight excluding hydrogens is 969 g/mol. The molecule has 7 N–H and O–H groups in total. The lowest BCUT2D eigenvalue weighted by Crippen LogP contribution is -2.70. The molecule has 0 radical (unpaired) electrons. The van der Waals surface area contributed by atoms with Gasteiger partial charge in [-0.25, -0.2) is 0 Å². The number of benzene rings is 2. The molecule has 5 aliphatic heterocycles. The number of carbonyl (C=O) groups excluding carboxylic acids is 3. The molecule has 0 spiro atoms. The number of aliphatic hydroxyl groups excluding tert-OH is 4. The van der Waals surface area contributed by atoms with Crippen LogP contribution in [0.5, 0.6) is 17.2 Å². The van der Waals surface area contributed by atoms with Crippen molar-refractivity contribution < 1.29 is 102 Å². The summed E-state index contributed by atoms with van der Waals surface area (Å²) in [6, 6.07) is 1.40. The van der Waals surface area contributed by atoms with Crippen molar-refractivity contribution in [3.05, 3.63) is 61.2 Å². The molecule has 2 aromatic rings. The molecule has 20 unspecified atom stereocenters. The average molecular weight is 1030 g/mol. The second-order valence-electron chi connectivity index (χ2n) is 21.2. The Bertz CT molecular complexity index is 2550. The highest BCUT2D eigenvalue weighted by Crippen LogP contribution is 2.57. The van der Waals surface area contributed by atoms with Gasteiger partial charge < -0.3 is 88.0 Å². The number of nitro groups is 1. The Morgan fingerprint density at radius 1 is 0.836 bits per heavy atom. The van der Waals surface area contributed by atoms with Gasteiger partial charge in [0.1, 0.15) is 59.3 Å². The topological polar surface area (TPSA) is 332 Å². The van der Waals surface area contributed by atoms with Gasteiger partial charge in [-0.05, 0) is 66.4 Å². The van der Waals surface area contributed by atoms with Crippen LogP contribution in [-0.4, -0.2) is 195 Å². The summed E-state index contributed by atoms with van der Waals surface area (Å²) in [5.74, 6) is -6.20. The van der Waals surface area contributed by atoms with E-state index in [1.165, 1.54) is 40.0 Å². The summed E-state index contributed by atoms with van der Waals surface area (Å²) in [5, 5.41) is 92.9. The van der Waals surface area contributed by atoms with Gasteiger partial charge in [-0.2, -0.15) is 0 Å². The third-order valence-electron chi connectivity index (χ3n) is 16.0. The van der Waals surface area contributed by atoms with E-state index in [9.17, 15) is 55.4 Å².